The highest BCUT2D eigenvalue weighted by Crippen LogP contribution is 2.17. The number of carbonyl (C=O) groups excluding carboxylic acids is 1. The number of nitrogens with zero attached hydrogens (tertiary/aromatic N) is 1. The van der Waals surface area contributed by atoms with Crippen molar-refractivity contribution in [2.24, 2.45) is 0 Å². The highest BCUT2D eigenvalue weighted by atomic mass is 16.3. The molecule has 0 radical (unpaired) electrons. The van der Waals surface area contributed by atoms with E-state index < -0.39 is 11.5 Å². The third-order valence-corrected chi connectivity index (χ3v) is 3.77. The molecule has 1 aromatic carbocycles. The number of aryl methyl sites for hydroxylation is 1. The van der Waals surface area contributed by atoms with Gasteiger partial charge in [0.15, 0.2) is 0 Å². The van der Waals surface area contributed by atoms with Crippen molar-refractivity contribution in [1.29, 1.82) is 0 Å². The number of aromatic nitrogens is 2. The van der Waals surface area contributed by atoms with Crippen LogP contribution in [-0.2, 0) is 18.6 Å². The van der Waals surface area contributed by atoms with Gasteiger partial charge in [-0.05, 0) is 18.1 Å². The second-order valence-corrected chi connectivity index (χ2v) is 6.73. The fraction of sp³-hybridized carbons (Fsp3) is 0.389. The Morgan fingerprint density at radius 1 is 1.25 bits per heavy atom. The topological polar surface area (TPSA) is 95.1 Å². The number of aromatic amines is 1. The van der Waals surface area contributed by atoms with Crippen molar-refractivity contribution in [2.45, 2.75) is 46.3 Å². The Hall–Kier alpha value is -2.47. The van der Waals surface area contributed by atoms with Crippen LogP contribution in [0, 0.1) is 6.92 Å². The molecular weight excluding hydrogens is 306 g/mol. The van der Waals surface area contributed by atoms with E-state index in [0.29, 0.717) is 11.5 Å². The second-order valence-electron chi connectivity index (χ2n) is 6.73. The highest BCUT2D eigenvalue weighted by Gasteiger charge is 2.22. The first-order valence-electron chi connectivity index (χ1n) is 7.81. The summed E-state index contributed by atoms with van der Waals surface area (Å²) in [6.07, 6.45) is 0. The number of aliphatic hydroxyl groups is 1. The monoisotopic (exact) mass is 329 g/mol. The third-order valence-electron chi connectivity index (χ3n) is 3.77. The van der Waals surface area contributed by atoms with Crippen molar-refractivity contribution in [3.63, 3.8) is 0 Å². The first kappa shape index (κ1) is 17.9. The van der Waals surface area contributed by atoms with Crippen molar-refractivity contribution in [3.05, 3.63) is 62.8 Å². The largest absolute Gasteiger partial charge is 0.392 e. The summed E-state index contributed by atoms with van der Waals surface area (Å²) >= 11 is 0. The zero-order valence-corrected chi connectivity index (χ0v) is 14.4. The standard InChI is InChI=1S/C18H23N3O3/c1-11-14(16(24)21-17(20-11)18(2,3)4)15(23)19-9-12-7-5-6-8-13(12)10-22/h5-8,22H,9-10H2,1-4H3,(H,19,23)(H,20,21,24). The van der Waals surface area contributed by atoms with Crippen molar-refractivity contribution in [2.75, 3.05) is 0 Å². The summed E-state index contributed by atoms with van der Waals surface area (Å²) in [5, 5.41) is 12.0. The average molecular weight is 329 g/mol. The summed E-state index contributed by atoms with van der Waals surface area (Å²) in [6.45, 7) is 7.60. The number of hydrogen-bond acceptors (Lipinski definition) is 4. The number of aliphatic hydroxyl groups excluding tert-OH is 1. The maximum absolute atomic E-state index is 12.4. The maximum atomic E-state index is 12.4. The molecule has 128 valence electrons. The van der Waals surface area contributed by atoms with Gasteiger partial charge in [0, 0.05) is 12.0 Å². The van der Waals surface area contributed by atoms with Gasteiger partial charge in [-0.25, -0.2) is 4.98 Å². The number of hydrogen-bond donors (Lipinski definition) is 3. The van der Waals surface area contributed by atoms with E-state index in [0.717, 1.165) is 11.1 Å². The highest BCUT2D eigenvalue weighted by molar-refractivity contribution is 5.94. The van der Waals surface area contributed by atoms with Crippen LogP contribution < -0.4 is 10.9 Å². The van der Waals surface area contributed by atoms with Gasteiger partial charge in [0.2, 0.25) is 0 Å². The molecule has 6 heteroatoms. The van der Waals surface area contributed by atoms with Gasteiger partial charge in [0.1, 0.15) is 11.4 Å². The van der Waals surface area contributed by atoms with Crippen LogP contribution in [0.1, 0.15) is 53.8 Å². The third kappa shape index (κ3) is 3.89. The Balaban J connectivity index is 2.23. The van der Waals surface area contributed by atoms with E-state index in [9.17, 15) is 14.7 Å². The van der Waals surface area contributed by atoms with Crippen LogP contribution in [0.3, 0.4) is 0 Å². The van der Waals surface area contributed by atoms with Gasteiger partial charge in [-0.2, -0.15) is 0 Å². The van der Waals surface area contributed by atoms with Crippen molar-refractivity contribution in [1.82, 2.24) is 15.3 Å². The molecule has 0 saturated heterocycles. The van der Waals surface area contributed by atoms with E-state index >= 15 is 0 Å². The van der Waals surface area contributed by atoms with E-state index in [-0.39, 0.29) is 24.1 Å². The van der Waals surface area contributed by atoms with Gasteiger partial charge in [-0.15, -0.1) is 0 Å². The Morgan fingerprint density at radius 3 is 2.42 bits per heavy atom. The molecule has 0 spiro atoms. The fourth-order valence-corrected chi connectivity index (χ4v) is 2.36. The number of H-pyrrole nitrogens is 1. The molecule has 0 aliphatic rings. The summed E-state index contributed by atoms with van der Waals surface area (Å²) in [4.78, 5) is 31.7. The van der Waals surface area contributed by atoms with E-state index in [1.165, 1.54) is 0 Å². The number of nitrogens with one attached hydrogen (secondary N) is 2. The summed E-state index contributed by atoms with van der Waals surface area (Å²) in [7, 11) is 0. The van der Waals surface area contributed by atoms with Crippen molar-refractivity contribution >= 4 is 5.91 Å². The lowest BCUT2D eigenvalue weighted by Gasteiger charge is -2.18. The van der Waals surface area contributed by atoms with Crippen molar-refractivity contribution in [3.8, 4) is 0 Å². The normalized spacial score (nSPS) is 11.4. The summed E-state index contributed by atoms with van der Waals surface area (Å²) in [5.41, 5.74) is 1.21. The van der Waals surface area contributed by atoms with Crippen LogP contribution in [0.15, 0.2) is 29.1 Å². The number of benzene rings is 1. The Morgan fingerprint density at radius 2 is 1.88 bits per heavy atom. The number of amides is 1. The molecule has 1 aromatic heterocycles. The lowest BCUT2D eigenvalue weighted by Crippen LogP contribution is -2.33. The molecule has 6 nitrogen and oxygen atoms in total. The SMILES string of the molecule is Cc1nc(C(C)(C)C)[nH]c(=O)c1C(=O)NCc1ccccc1CO. The molecule has 0 aliphatic carbocycles. The van der Waals surface area contributed by atoms with Gasteiger partial charge < -0.3 is 15.4 Å². The number of rotatable bonds is 4. The molecule has 0 fully saturated rings. The van der Waals surface area contributed by atoms with Gasteiger partial charge in [0.25, 0.3) is 11.5 Å². The molecule has 2 rings (SSSR count). The molecule has 1 heterocycles. The van der Waals surface area contributed by atoms with Crippen LogP contribution in [-0.4, -0.2) is 21.0 Å². The van der Waals surface area contributed by atoms with E-state index in [2.05, 4.69) is 15.3 Å². The first-order chi connectivity index (χ1) is 11.2. The quantitative estimate of drug-likeness (QED) is 0.797. The van der Waals surface area contributed by atoms with Crippen molar-refractivity contribution < 1.29 is 9.90 Å². The molecule has 0 unspecified atom stereocenters. The van der Waals surface area contributed by atoms with Gasteiger partial charge >= 0.3 is 0 Å². The van der Waals surface area contributed by atoms with Crippen LogP contribution in [0.25, 0.3) is 0 Å². The molecule has 24 heavy (non-hydrogen) atoms. The molecule has 2 aromatic rings. The summed E-state index contributed by atoms with van der Waals surface area (Å²) < 4.78 is 0. The maximum Gasteiger partial charge on any atom is 0.264 e. The zero-order valence-electron chi connectivity index (χ0n) is 14.4. The van der Waals surface area contributed by atoms with Gasteiger partial charge in [0.05, 0.1) is 12.3 Å². The Labute approximate surface area is 141 Å². The lowest BCUT2D eigenvalue weighted by molar-refractivity contribution is 0.0947. The molecule has 0 saturated carbocycles. The fourth-order valence-electron chi connectivity index (χ4n) is 2.36. The van der Waals surface area contributed by atoms with E-state index in [4.69, 9.17) is 0 Å². The second kappa shape index (κ2) is 6.97. The van der Waals surface area contributed by atoms with Crippen LogP contribution in [0.5, 0.6) is 0 Å². The lowest BCUT2D eigenvalue weighted by atomic mass is 9.95. The first-order valence-corrected chi connectivity index (χ1v) is 7.81. The van der Waals surface area contributed by atoms with Gasteiger partial charge in [-0.3, -0.25) is 9.59 Å². The van der Waals surface area contributed by atoms with Crippen LogP contribution in [0.4, 0.5) is 0 Å². The molecule has 3 N–H and O–H groups in total. The minimum atomic E-state index is -0.477. The average Bonchev–Trinajstić information content (AvgIpc) is 2.51. The van der Waals surface area contributed by atoms with Crippen LogP contribution in [0.2, 0.25) is 0 Å². The molecule has 0 aliphatic heterocycles. The molecule has 1 amide bonds. The Bertz CT molecular complexity index is 804. The molecule has 0 bridgehead atoms. The van der Waals surface area contributed by atoms with Gasteiger partial charge in [-0.1, -0.05) is 45.0 Å². The summed E-state index contributed by atoms with van der Waals surface area (Å²) in [6, 6.07) is 7.27. The molecular formula is C18H23N3O3. The molecule has 0 atom stereocenters. The van der Waals surface area contributed by atoms with E-state index in [1.54, 1.807) is 13.0 Å². The minimum Gasteiger partial charge on any atom is -0.392 e. The van der Waals surface area contributed by atoms with Crippen LogP contribution >= 0.6 is 0 Å². The zero-order chi connectivity index (χ0) is 17.9. The number of carbonyl (C=O) groups is 1. The van der Waals surface area contributed by atoms with E-state index in [1.807, 2.05) is 39.0 Å². The predicted octanol–water partition coefficient (Wildman–Crippen LogP) is 1.80. The predicted molar refractivity (Wildman–Crippen MR) is 91.8 cm³/mol. The minimum absolute atomic E-state index is 0.0180. The summed E-state index contributed by atoms with van der Waals surface area (Å²) in [5.74, 6) is 0.0710. The smallest absolute Gasteiger partial charge is 0.264 e. The Kier molecular flexibility index (Phi) is 5.19.